The fourth-order valence-electron chi connectivity index (χ4n) is 1.61. The van der Waals surface area contributed by atoms with E-state index in [1.807, 2.05) is 0 Å². The number of carbonyl (C=O) groups is 1. The van der Waals surface area contributed by atoms with Crippen molar-refractivity contribution in [2.45, 2.75) is 26.0 Å². The number of ether oxygens (including phenoxy) is 1. The summed E-state index contributed by atoms with van der Waals surface area (Å²) in [4.78, 5) is 13.2. The van der Waals surface area contributed by atoms with Crippen molar-refractivity contribution in [3.8, 4) is 5.69 Å². The second-order valence-corrected chi connectivity index (χ2v) is 4.37. The van der Waals surface area contributed by atoms with Gasteiger partial charge in [0.05, 0.1) is 24.2 Å². The second kappa shape index (κ2) is 5.62. The maximum Gasteiger partial charge on any atom is 0.327 e. The van der Waals surface area contributed by atoms with Gasteiger partial charge in [-0.1, -0.05) is 12.1 Å². The highest BCUT2D eigenvalue weighted by molar-refractivity contribution is 5.77. The van der Waals surface area contributed by atoms with Gasteiger partial charge in [-0.05, 0) is 31.5 Å². The van der Waals surface area contributed by atoms with E-state index >= 15 is 0 Å². The molecule has 1 aromatic carbocycles. The molecule has 2 rings (SSSR count). The highest BCUT2D eigenvalue weighted by Crippen LogP contribution is 2.15. The zero-order valence-corrected chi connectivity index (χ0v) is 10.9. The molecule has 0 radical (unpaired) electrons. The third-order valence-corrected chi connectivity index (χ3v) is 2.51. The van der Waals surface area contributed by atoms with Crippen LogP contribution >= 0.6 is 0 Å². The fraction of sp³-hybridized carbons (Fsp3) is 0.308. The van der Waals surface area contributed by atoms with Crippen molar-refractivity contribution in [3.05, 3.63) is 42.2 Å². The molecule has 0 aliphatic carbocycles. The maximum atomic E-state index is 11.7. The second-order valence-electron chi connectivity index (χ2n) is 4.37. The van der Waals surface area contributed by atoms with E-state index in [2.05, 4.69) is 10.2 Å². The Labute approximate surface area is 111 Å². The molecule has 0 spiro atoms. The molecular formula is C13H16N4O2. The average Bonchev–Trinajstić information content (AvgIpc) is 2.91. The number of rotatable bonds is 4. The Morgan fingerprint density at radius 3 is 2.32 bits per heavy atom. The summed E-state index contributed by atoms with van der Waals surface area (Å²) < 4.78 is 5.08. The number of nitrogens with two attached hydrogens (primary N) is 1. The summed E-state index contributed by atoms with van der Waals surface area (Å²) in [5.74, 6) is -0.431. The van der Waals surface area contributed by atoms with E-state index in [1.165, 1.54) is 4.80 Å². The van der Waals surface area contributed by atoms with E-state index in [0.29, 0.717) is 5.56 Å². The van der Waals surface area contributed by atoms with Crippen LogP contribution in [-0.4, -0.2) is 27.1 Å². The van der Waals surface area contributed by atoms with E-state index in [-0.39, 0.29) is 6.10 Å². The van der Waals surface area contributed by atoms with Crippen molar-refractivity contribution in [2.24, 2.45) is 5.73 Å². The molecule has 6 nitrogen and oxygen atoms in total. The van der Waals surface area contributed by atoms with Crippen molar-refractivity contribution >= 4 is 5.97 Å². The smallest absolute Gasteiger partial charge is 0.327 e. The van der Waals surface area contributed by atoms with E-state index < -0.39 is 12.0 Å². The summed E-state index contributed by atoms with van der Waals surface area (Å²) in [6.07, 6.45) is 3.02. The Bertz CT molecular complexity index is 534. The van der Waals surface area contributed by atoms with Crippen LogP contribution in [0, 0.1) is 0 Å². The summed E-state index contributed by atoms with van der Waals surface area (Å²) in [6, 6.07) is 6.37. The molecule has 0 fully saturated rings. The first kappa shape index (κ1) is 13.2. The van der Waals surface area contributed by atoms with Crippen LogP contribution in [0.5, 0.6) is 0 Å². The third-order valence-electron chi connectivity index (χ3n) is 2.51. The monoisotopic (exact) mass is 260 g/mol. The van der Waals surface area contributed by atoms with Crippen LogP contribution in [0.15, 0.2) is 36.7 Å². The minimum atomic E-state index is -0.776. The van der Waals surface area contributed by atoms with E-state index in [1.54, 1.807) is 50.5 Å². The van der Waals surface area contributed by atoms with Gasteiger partial charge in [-0.3, -0.25) is 0 Å². The van der Waals surface area contributed by atoms with Crippen molar-refractivity contribution < 1.29 is 9.53 Å². The standard InChI is InChI=1S/C13H16N4O2/c1-9(2)19-13(18)12(14)10-3-5-11(6-4-10)17-15-7-8-16-17/h3-9,12H,14H2,1-2H3. The van der Waals surface area contributed by atoms with Crippen LogP contribution < -0.4 is 5.73 Å². The van der Waals surface area contributed by atoms with Crippen molar-refractivity contribution in [3.63, 3.8) is 0 Å². The molecule has 0 bridgehead atoms. The van der Waals surface area contributed by atoms with Gasteiger partial charge < -0.3 is 10.5 Å². The zero-order valence-electron chi connectivity index (χ0n) is 10.9. The molecule has 1 aromatic heterocycles. The quantitative estimate of drug-likeness (QED) is 0.836. The van der Waals surface area contributed by atoms with E-state index in [9.17, 15) is 4.79 Å². The molecule has 0 saturated carbocycles. The number of hydrogen-bond acceptors (Lipinski definition) is 5. The molecule has 100 valence electrons. The van der Waals surface area contributed by atoms with Gasteiger partial charge in [0.25, 0.3) is 0 Å². The van der Waals surface area contributed by atoms with Gasteiger partial charge in [-0.2, -0.15) is 15.0 Å². The van der Waals surface area contributed by atoms with Gasteiger partial charge in [0.1, 0.15) is 6.04 Å². The van der Waals surface area contributed by atoms with Crippen LogP contribution in [0.25, 0.3) is 5.69 Å². The summed E-state index contributed by atoms with van der Waals surface area (Å²) in [6.45, 7) is 3.58. The van der Waals surface area contributed by atoms with Gasteiger partial charge in [0, 0.05) is 0 Å². The van der Waals surface area contributed by atoms with Crippen LogP contribution in [0.2, 0.25) is 0 Å². The summed E-state index contributed by atoms with van der Waals surface area (Å²) in [5, 5.41) is 8.04. The van der Waals surface area contributed by atoms with Gasteiger partial charge in [0.15, 0.2) is 0 Å². The molecule has 2 aromatic rings. The lowest BCUT2D eigenvalue weighted by atomic mass is 10.1. The van der Waals surface area contributed by atoms with Crippen molar-refractivity contribution in [2.75, 3.05) is 0 Å². The molecule has 0 aliphatic rings. The molecule has 0 saturated heterocycles. The topological polar surface area (TPSA) is 83.0 Å². The fourth-order valence-corrected chi connectivity index (χ4v) is 1.61. The van der Waals surface area contributed by atoms with Gasteiger partial charge in [0.2, 0.25) is 0 Å². The molecule has 1 heterocycles. The first-order valence-corrected chi connectivity index (χ1v) is 6.00. The number of carbonyl (C=O) groups excluding carboxylic acids is 1. The first-order chi connectivity index (χ1) is 9.08. The zero-order chi connectivity index (χ0) is 13.8. The van der Waals surface area contributed by atoms with Crippen molar-refractivity contribution in [1.29, 1.82) is 0 Å². The summed E-state index contributed by atoms with van der Waals surface area (Å²) >= 11 is 0. The maximum absolute atomic E-state index is 11.7. The Hall–Kier alpha value is -2.21. The van der Waals surface area contributed by atoms with E-state index in [4.69, 9.17) is 10.5 Å². The number of hydrogen-bond donors (Lipinski definition) is 1. The summed E-state index contributed by atoms with van der Waals surface area (Å²) in [7, 11) is 0. The predicted octanol–water partition coefficient (Wildman–Crippen LogP) is 1.22. The molecule has 1 unspecified atom stereocenters. The number of esters is 1. The Morgan fingerprint density at radius 2 is 1.79 bits per heavy atom. The van der Waals surface area contributed by atoms with Crippen LogP contribution in [0.3, 0.4) is 0 Å². The third kappa shape index (κ3) is 3.17. The van der Waals surface area contributed by atoms with Crippen LogP contribution in [0.4, 0.5) is 0 Å². The predicted molar refractivity (Wildman–Crippen MR) is 69.5 cm³/mol. The van der Waals surface area contributed by atoms with Crippen LogP contribution in [0.1, 0.15) is 25.5 Å². The SMILES string of the molecule is CC(C)OC(=O)C(N)c1ccc(-n2nccn2)cc1. The van der Waals surface area contributed by atoms with Gasteiger partial charge in [-0.25, -0.2) is 4.79 Å². The lowest BCUT2D eigenvalue weighted by Crippen LogP contribution is -2.26. The molecule has 19 heavy (non-hydrogen) atoms. The minimum absolute atomic E-state index is 0.175. The Morgan fingerprint density at radius 1 is 1.21 bits per heavy atom. The minimum Gasteiger partial charge on any atom is -0.462 e. The summed E-state index contributed by atoms with van der Waals surface area (Å²) in [5.41, 5.74) is 7.34. The number of benzene rings is 1. The van der Waals surface area contributed by atoms with Crippen molar-refractivity contribution in [1.82, 2.24) is 15.0 Å². The largest absolute Gasteiger partial charge is 0.462 e. The molecule has 0 aliphatic heterocycles. The molecule has 6 heteroatoms. The Kier molecular flexibility index (Phi) is 3.91. The normalized spacial score (nSPS) is 12.4. The van der Waals surface area contributed by atoms with Crippen LogP contribution in [-0.2, 0) is 9.53 Å². The molecular weight excluding hydrogens is 244 g/mol. The first-order valence-electron chi connectivity index (χ1n) is 6.00. The number of aromatic nitrogens is 3. The highest BCUT2D eigenvalue weighted by Gasteiger charge is 2.18. The lowest BCUT2D eigenvalue weighted by Gasteiger charge is -2.14. The average molecular weight is 260 g/mol. The molecule has 0 amide bonds. The Balaban J connectivity index is 2.12. The van der Waals surface area contributed by atoms with E-state index in [0.717, 1.165) is 5.69 Å². The van der Waals surface area contributed by atoms with Gasteiger partial charge in [-0.15, -0.1) is 0 Å². The number of nitrogens with zero attached hydrogens (tertiary/aromatic N) is 3. The lowest BCUT2D eigenvalue weighted by molar-refractivity contribution is -0.149. The van der Waals surface area contributed by atoms with Gasteiger partial charge >= 0.3 is 5.97 Å². The molecule has 1 atom stereocenters. The highest BCUT2D eigenvalue weighted by atomic mass is 16.5. The molecule has 2 N–H and O–H groups in total.